The number of aromatic nitrogens is 1. The highest BCUT2D eigenvalue weighted by atomic mass is 16.5. The highest BCUT2D eigenvalue weighted by Crippen LogP contribution is 2.31. The second-order valence-corrected chi connectivity index (χ2v) is 10.9. The molecule has 5 heteroatoms. The third-order valence-corrected chi connectivity index (χ3v) is 7.98. The number of benzene rings is 3. The third-order valence-electron chi connectivity index (χ3n) is 7.98. The average Bonchev–Trinajstić information content (AvgIpc) is 3.01. The number of aryl methyl sites for hydroxylation is 1. The summed E-state index contributed by atoms with van der Waals surface area (Å²) in [5.74, 6) is 2.59. The van der Waals surface area contributed by atoms with Gasteiger partial charge in [0.1, 0.15) is 18.4 Å². The van der Waals surface area contributed by atoms with Gasteiger partial charge in [-0.1, -0.05) is 79.1 Å². The van der Waals surface area contributed by atoms with Crippen LogP contribution in [0.25, 0.3) is 23.3 Å². The number of hydrogen-bond acceptors (Lipinski definition) is 4. The van der Waals surface area contributed by atoms with Crippen molar-refractivity contribution in [3.8, 4) is 29.2 Å². The first-order chi connectivity index (χ1) is 20.4. The fourth-order valence-electron chi connectivity index (χ4n) is 5.63. The molecule has 1 aromatic heterocycles. The summed E-state index contributed by atoms with van der Waals surface area (Å²) in [6.45, 7) is 5.82. The fraction of sp³-hybridized carbons (Fsp3) is 0.243. The van der Waals surface area contributed by atoms with Crippen LogP contribution in [0.4, 0.5) is 0 Å². The lowest BCUT2D eigenvalue weighted by atomic mass is 9.95. The van der Waals surface area contributed by atoms with E-state index >= 15 is 0 Å². The molecule has 5 nitrogen and oxygen atoms in total. The molecule has 0 bridgehead atoms. The van der Waals surface area contributed by atoms with E-state index in [-0.39, 0.29) is 0 Å². The van der Waals surface area contributed by atoms with Crippen LogP contribution < -0.4 is 4.74 Å². The molecular formula is C37H36N2O3. The van der Waals surface area contributed by atoms with Gasteiger partial charge in [0.05, 0.1) is 0 Å². The molecular weight excluding hydrogens is 520 g/mol. The number of ether oxygens (including phenoxy) is 1. The van der Waals surface area contributed by atoms with Gasteiger partial charge in [0, 0.05) is 35.6 Å². The largest absolute Gasteiger partial charge is 0.488 e. The van der Waals surface area contributed by atoms with Crippen molar-refractivity contribution < 1.29 is 14.6 Å². The first-order valence-electron chi connectivity index (χ1n) is 14.4. The van der Waals surface area contributed by atoms with Crippen molar-refractivity contribution in [1.82, 2.24) is 9.88 Å². The topological polar surface area (TPSA) is 62.7 Å². The van der Waals surface area contributed by atoms with Gasteiger partial charge in [0.25, 0.3) is 0 Å². The quantitative estimate of drug-likeness (QED) is 0.171. The van der Waals surface area contributed by atoms with Gasteiger partial charge in [-0.2, -0.15) is 0 Å². The minimum Gasteiger partial charge on any atom is -0.488 e. The van der Waals surface area contributed by atoms with Crippen molar-refractivity contribution in [3.05, 3.63) is 118 Å². The van der Waals surface area contributed by atoms with E-state index in [1.807, 2.05) is 12.1 Å². The summed E-state index contributed by atoms with van der Waals surface area (Å²) >= 11 is 0. The number of rotatable bonds is 9. The van der Waals surface area contributed by atoms with Crippen LogP contribution in [0.5, 0.6) is 5.75 Å². The normalized spacial score (nSPS) is 15.4. The first-order valence-corrected chi connectivity index (χ1v) is 14.4. The maximum absolute atomic E-state index is 12.0. The van der Waals surface area contributed by atoms with Gasteiger partial charge >= 0.3 is 5.97 Å². The molecule has 3 aromatic carbocycles. The Labute approximate surface area is 248 Å². The van der Waals surface area contributed by atoms with Crippen LogP contribution in [-0.2, 0) is 17.9 Å². The van der Waals surface area contributed by atoms with Gasteiger partial charge in [-0.05, 0) is 78.7 Å². The van der Waals surface area contributed by atoms with Gasteiger partial charge < -0.3 is 9.84 Å². The number of hydrogen-bond donors (Lipinski definition) is 1. The molecule has 0 unspecified atom stereocenters. The zero-order valence-corrected chi connectivity index (χ0v) is 24.2. The smallest absolute Gasteiger partial charge is 0.320 e. The summed E-state index contributed by atoms with van der Waals surface area (Å²) in [6, 6.07) is 22.4. The van der Waals surface area contributed by atoms with Gasteiger partial charge in [0.2, 0.25) is 0 Å². The monoisotopic (exact) mass is 556 g/mol. The Bertz CT molecular complexity index is 1640. The summed E-state index contributed by atoms with van der Waals surface area (Å²) < 4.78 is 6.39. The molecule has 1 saturated heterocycles. The SMILES string of the molecule is C#Cc1cncc(COc2cc(/C=C/c3cccc(-c4ccccc4)c3C)c(C)cc2CN2CCCC[C@H]2C(=O)O)c1. The highest BCUT2D eigenvalue weighted by molar-refractivity contribution is 5.78. The second kappa shape index (κ2) is 13.3. The molecule has 0 radical (unpaired) electrons. The number of terminal acetylenes is 1. The maximum atomic E-state index is 12.0. The van der Waals surface area contributed by atoms with Crippen LogP contribution in [0.1, 0.15) is 58.2 Å². The lowest BCUT2D eigenvalue weighted by Crippen LogP contribution is -2.44. The van der Waals surface area contributed by atoms with Crippen LogP contribution in [0.3, 0.4) is 0 Å². The Kier molecular flexibility index (Phi) is 9.16. The Morgan fingerprint density at radius 1 is 1.05 bits per heavy atom. The molecule has 0 aliphatic carbocycles. The average molecular weight is 557 g/mol. The lowest BCUT2D eigenvalue weighted by molar-refractivity contribution is -0.144. The summed E-state index contributed by atoms with van der Waals surface area (Å²) in [7, 11) is 0. The van der Waals surface area contributed by atoms with Crippen molar-refractivity contribution >= 4 is 18.1 Å². The number of carboxylic acids is 1. The minimum atomic E-state index is -0.765. The molecule has 5 rings (SSSR count). The van der Waals surface area contributed by atoms with E-state index in [1.165, 1.54) is 16.7 Å². The Morgan fingerprint density at radius 2 is 1.86 bits per heavy atom. The second-order valence-electron chi connectivity index (χ2n) is 10.9. The highest BCUT2D eigenvalue weighted by Gasteiger charge is 2.29. The molecule has 1 atom stereocenters. The standard InChI is InChI=1S/C37H36N2O3/c1-4-28-20-29(23-38-22-28)25-42-36-21-32(26(2)19-33(36)24-39-18-9-8-15-35(39)37(40)41)17-16-30-13-10-14-34(27(30)3)31-11-6-5-7-12-31/h1,5-7,10-14,16-17,19-23,35H,8-9,15,18,24-25H2,2-3H3,(H,40,41)/b17-16+/t35-/m0/s1. The molecule has 0 spiro atoms. The molecule has 1 aliphatic heterocycles. The van der Waals surface area contributed by atoms with E-state index in [4.69, 9.17) is 11.2 Å². The minimum absolute atomic E-state index is 0.308. The Balaban J connectivity index is 1.47. The summed E-state index contributed by atoms with van der Waals surface area (Å²) in [5, 5.41) is 9.84. The molecule has 212 valence electrons. The molecule has 0 saturated carbocycles. The first kappa shape index (κ1) is 28.9. The predicted molar refractivity (Wildman–Crippen MR) is 169 cm³/mol. The van der Waals surface area contributed by atoms with Gasteiger partial charge in [-0.3, -0.25) is 14.7 Å². The van der Waals surface area contributed by atoms with E-state index in [0.29, 0.717) is 25.1 Å². The molecule has 2 heterocycles. The maximum Gasteiger partial charge on any atom is 0.320 e. The summed E-state index contributed by atoms with van der Waals surface area (Å²) in [4.78, 5) is 18.3. The van der Waals surface area contributed by atoms with E-state index in [9.17, 15) is 9.90 Å². The Morgan fingerprint density at radius 3 is 2.64 bits per heavy atom. The molecule has 1 aliphatic rings. The van der Waals surface area contributed by atoms with E-state index < -0.39 is 12.0 Å². The number of aliphatic carboxylic acids is 1. The lowest BCUT2D eigenvalue weighted by Gasteiger charge is -2.33. The van der Waals surface area contributed by atoms with Gasteiger partial charge in [-0.25, -0.2) is 0 Å². The number of pyridine rings is 1. The number of likely N-dealkylation sites (tertiary alicyclic amines) is 1. The van der Waals surface area contributed by atoms with Crippen molar-refractivity contribution in [2.45, 2.75) is 52.3 Å². The van der Waals surface area contributed by atoms with Crippen LogP contribution >= 0.6 is 0 Å². The molecule has 42 heavy (non-hydrogen) atoms. The van der Waals surface area contributed by atoms with Crippen LogP contribution in [-0.4, -0.2) is 33.5 Å². The zero-order chi connectivity index (χ0) is 29.5. The van der Waals surface area contributed by atoms with E-state index in [1.54, 1.807) is 12.4 Å². The molecule has 4 aromatic rings. The molecule has 0 amide bonds. The fourth-order valence-corrected chi connectivity index (χ4v) is 5.63. The zero-order valence-electron chi connectivity index (χ0n) is 24.2. The summed E-state index contributed by atoms with van der Waals surface area (Å²) in [5.41, 5.74) is 9.48. The van der Waals surface area contributed by atoms with Crippen molar-refractivity contribution in [2.24, 2.45) is 0 Å². The van der Waals surface area contributed by atoms with Crippen LogP contribution in [0.15, 0.2) is 79.1 Å². The molecule has 1 fully saturated rings. The van der Waals surface area contributed by atoms with Crippen LogP contribution in [0, 0.1) is 26.2 Å². The van der Waals surface area contributed by atoms with E-state index in [0.717, 1.165) is 53.0 Å². The van der Waals surface area contributed by atoms with Crippen LogP contribution in [0.2, 0.25) is 0 Å². The number of nitrogens with zero attached hydrogens (tertiary/aromatic N) is 2. The molecule has 1 N–H and O–H groups in total. The third kappa shape index (κ3) is 6.79. The number of carboxylic acid groups (broad SMARTS) is 1. The van der Waals surface area contributed by atoms with E-state index in [2.05, 4.69) is 96.4 Å². The van der Waals surface area contributed by atoms with Gasteiger partial charge in [-0.15, -0.1) is 6.42 Å². The van der Waals surface area contributed by atoms with Crippen molar-refractivity contribution in [2.75, 3.05) is 6.54 Å². The predicted octanol–water partition coefficient (Wildman–Crippen LogP) is 7.54. The number of piperidine rings is 1. The Hall–Kier alpha value is -4.66. The summed E-state index contributed by atoms with van der Waals surface area (Å²) in [6.07, 6.45) is 15.8. The van der Waals surface area contributed by atoms with Crippen molar-refractivity contribution in [1.29, 1.82) is 0 Å². The van der Waals surface area contributed by atoms with Crippen molar-refractivity contribution in [3.63, 3.8) is 0 Å². The van der Waals surface area contributed by atoms with Gasteiger partial charge in [0.15, 0.2) is 0 Å². The number of carbonyl (C=O) groups is 1.